The summed E-state index contributed by atoms with van der Waals surface area (Å²) in [6.45, 7) is 0. The number of hydrogen-bond acceptors (Lipinski definition) is 3. The molecule has 142 valence electrons. The Kier molecular flexibility index (Phi) is 5.19. The first-order valence-corrected chi connectivity index (χ1v) is 10.7. The van der Waals surface area contributed by atoms with Crippen LogP contribution in [0.2, 0.25) is 0 Å². The van der Waals surface area contributed by atoms with Gasteiger partial charge in [0.05, 0.1) is 0 Å². The first-order valence-electron chi connectivity index (χ1n) is 9.11. The summed E-state index contributed by atoms with van der Waals surface area (Å²) in [5.74, 6) is 0. The van der Waals surface area contributed by atoms with Gasteiger partial charge >= 0.3 is 7.60 Å². The molecule has 4 aromatic rings. The van der Waals surface area contributed by atoms with Crippen LogP contribution >= 0.6 is 7.60 Å². The van der Waals surface area contributed by atoms with Gasteiger partial charge < -0.3 is 13.6 Å². The molecule has 1 aromatic heterocycles. The molecule has 0 aliphatic carbocycles. The molecule has 4 rings (SSSR count). The summed E-state index contributed by atoms with van der Waals surface area (Å²) in [6, 6.07) is 28.2. The van der Waals surface area contributed by atoms with Crippen molar-refractivity contribution in [3.05, 3.63) is 96.2 Å². The molecule has 0 amide bonds. The fourth-order valence-electron chi connectivity index (χ4n) is 3.63. The third-order valence-corrected chi connectivity index (χ3v) is 6.85. The second-order valence-corrected chi connectivity index (χ2v) is 8.66. The number of rotatable bonds is 6. The molecule has 1 heterocycles. The van der Waals surface area contributed by atoms with E-state index in [0.29, 0.717) is 11.9 Å². The Morgan fingerprint density at radius 3 is 1.89 bits per heavy atom. The van der Waals surface area contributed by atoms with Crippen LogP contribution in [0.3, 0.4) is 0 Å². The lowest BCUT2D eigenvalue weighted by Crippen LogP contribution is -2.20. The Labute approximate surface area is 164 Å². The van der Waals surface area contributed by atoms with Gasteiger partial charge in [-0.25, -0.2) is 0 Å². The minimum atomic E-state index is -3.50. The molecular formula is C23H22NO3P. The van der Waals surface area contributed by atoms with Crippen LogP contribution in [0.25, 0.3) is 16.5 Å². The highest BCUT2D eigenvalue weighted by Gasteiger charge is 2.34. The van der Waals surface area contributed by atoms with Crippen LogP contribution in [0.4, 0.5) is 0 Å². The Morgan fingerprint density at radius 1 is 0.750 bits per heavy atom. The van der Waals surface area contributed by atoms with E-state index < -0.39 is 7.60 Å². The van der Waals surface area contributed by atoms with Gasteiger partial charge in [-0.2, -0.15) is 0 Å². The first kappa shape index (κ1) is 18.7. The van der Waals surface area contributed by atoms with E-state index in [1.165, 1.54) is 19.8 Å². The van der Waals surface area contributed by atoms with Crippen LogP contribution in [0.5, 0.6) is 0 Å². The molecule has 0 saturated carbocycles. The molecule has 0 N–H and O–H groups in total. The van der Waals surface area contributed by atoms with Crippen LogP contribution in [0.1, 0.15) is 11.3 Å². The molecule has 0 fully saturated rings. The van der Waals surface area contributed by atoms with E-state index >= 15 is 0 Å². The van der Waals surface area contributed by atoms with Crippen molar-refractivity contribution in [1.29, 1.82) is 0 Å². The lowest BCUT2D eigenvalue weighted by atomic mass is 10.1. The number of para-hydroxylation sites is 1. The molecule has 5 heteroatoms. The molecule has 0 aliphatic rings. The van der Waals surface area contributed by atoms with Crippen molar-refractivity contribution < 1.29 is 13.6 Å². The third kappa shape index (κ3) is 3.20. The fraction of sp³-hybridized carbons (Fsp3) is 0.130. The fourth-order valence-corrected chi connectivity index (χ4v) is 5.10. The Morgan fingerprint density at radius 2 is 1.29 bits per heavy atom. The molecule has 0 unspecified atom stereocenters. The van der Waals surface area contributed by atoms with Crippen molar-refractivity contribution in [3.63, 3.8) is 0 Å². The van der Waals surface area contributed by atoms with Gasteiger partial charge in [0, 0.05) is 42.8 Å². The normalized spacial score (nSPS) is 11.8. The van der Waals surface area contributed by atoms with Gasteiger partial charge in [-0.1, -0.05) is 72.8 Å². The maximum Gasteiger partial charge on any atom is 0.378 e. The molecule has 0 saturated heterocycles. The summed E-state index contributed by atoms with van der Waals surface area (Å²) in [5.41, 5.74) is 3.72. The van der Waals surface area contributed by atoms with Gasteiger partial charge in [-0.3, -0.25) is 4.57 Å². The molecule has 28 heavy (non-hydrogen) atoms. The van der Waals surface area contributed by atoms with E-state index in [4.69, 9.17) is 9.05 Å². The van der Waals surface area contributed by atoms with Crippen LogP contribution in [0, 0.1) is 0 Å². The Bertz CT molecular complexity index is 1130. The monoisotopic (exact) mass is 391 g/mol. The zero-order chi connectivity index (χ0) is 19.6. The van der Waals surface area contributed by atoms with Gasteiger partial charge in [0.25, 0.3) is 0 Å². The molecule has 4 nitrogen and oxygen atoms in total. The molecule has 0 spiro atoms. The summed E-state index contributed by atoms with van der Waals surface area (Å²) < 4.78 is 26.4. The highest BCUT2D eigenvalue weighted by atomic mass is 31.2. The number of aromatic nitrogens is 1. The van der Waals surface area contributed by atoms with E-state index in [1.54, 1.807) is 0 Å². The molecule has 0 radical (unpaired) electrons. The van der Waals surface area contributed by atoms with E-state index in [-0.39, 0.29) is 0 Å². The van der Waals surface area contributed by atoms with Crippen molar-refractivity contribution >= 4 is 23.8 Å². The molecule has 3 aromatic carbocycles. The maximum atomic E-state index is 13.6. The number of fused-ring (bicyclic) bond motifs is 1. The van der Waals surface area contributed by atoms with Gasteiger partial charge in [-0.15, -0.1) is 0 Å². The first-order chi connectivity index (χ1) is 13.7. The summed E-state index contributed by atoms with van der Waals surface area (Å²) in [4.78, 5) is 0. The topological polar surface area (TPSA) is 40.5 Å². The predicted molar refractivity (Wildman–Crippen MR) is 114 cm³/mol. The Hall–Kier alpha value is -2.65. The van der Waals surface area contributed by atoms with Crippen molar-refractivity contribution in [2.24, 2.45) is 0 Å². The number of hydrogen-bond donors (Lipinski definition) is 0. The predicted octanol–water partition coefficient (Wildman–Crippen LogP) is 5.33. The largest absolute Gasteiger partial charge is 0.378 e. The summed E-state index contributed by atoms with van der Waals surface area (Å²) in [5, 5.41) is 1.92. The molecule has 0 bridgehead atoms. The quantitative estimate of drug-likeness (QED) is 0.417. The van der Waals surface area contributed by atoms with Crippen LogP contribution in [-0.2, 0) is 20.0 Å². The van der Waals surface area contributed by atoms with E-state index in [2.05, 4.69) is 18.2 Å². The average molecular weight is 391 g/mol. The van der Waals surface area contributed by atoms with Gasteiger partial charge in [0.15, 0.2) is 0 Å². The summed E-state index contributed by atoms with van der Waals surface area (Å²) in [7, 11) is -0.645. The smallest absolute Gasteiger partial charge is 0.308 e. The lowest BCUT2D eigenvalue weighted by molar-refractivity contribution is 0.286. The van der Waals surface area contributed by atoms with E-state index in [1.807, 2.05) is 71.3 Å². The van der Waals surface area contributed by atoms with Gasteiger partial charge in [0.2, 0.25) is 0 Å². The SMILES string of the molecule is COP(=O)(OC)c1c2ccccc2c(Cc2ccccc2)n1-c1ccccc1. The van der Waals surface area contributed by atoms with Gasteiger partial charge in [-0.05, 0) is 17.7 Å². The van der Waals surface area contributed by atoms with E-state index in [9.17, 15) is 4.57 Å². The van der Waals surface area contributed by atoms with E-state index in [0.717, 1.165) is 22.2 Å². The van der Waals surface area contributed by atoms with Crippen molar-refractivity contribution in [1.82, 2.24) is 4.57 Å². The van der Waals surface area contributed by atoms with Crippen molar-refractivity contribution in [2.45, 2.75) is 6.42 Å². The zero-order valence-electron chi connectivity index (χ0n) is 15.9. The highest BCUT2D eigenvalue weighted by molar-refractivity contribution is 7.62. The minimum absolute atomic E-state index is 0.560. The van der Waals surface area contributed by atoms with Gasteiger partial charge in [0.1, 0.15) is 5.44 Å². The summed E-state index contributed by atoms with van der Waals surface area (Å²) in [6.07, 6.45) is 0.698. The second kappa shape index (κ2) is 7.76. The number of benzene rings is 3. The van der Waals surface area contributed by atoms with Crippen LogP contribution in [-0.4, -0.2) is 18.8 Å². The molecular weight excluding hydrogens is 369 g/mol. The molecule has 0 aliphatic heterocycles. The second-order valence-electron chi connectivity index (χ2n) is 6.51. The highest BCUT2D eigenvalue weighted by Crippen LogP contribution is 2.49. The van der Waals surface area contributed by atoms with Crippen LogP contribution < -0.4 is 5.44 Å². The summed E-state index contributed by atoms with van der Waals surface area (Å²) >= 11 is 0. The minimum Gasteiger partial charge on any atom is -0.308 e. The average Bonchev–Trinajstić information content (AvgIpc) is 3.09. The molecule has 0 atom stereocenters. The van der Waals surface area contributed by atoms with Crippen LogP contribution in [0.15, 0.2) is 84.9 Å². The number of nitrogens with zero attached hydrogens (tertiary/aromatic N) is 1. The zero-order valence-corrected chi connectivity index (χ0v) is 16.8. The van der Waals surface area contributed by atoms with Crippen molar-refractivity contribution in [3.8, 4) is 5.69 Å². The van der Waals surface area contributed by atoms with Crippen molar-refractivity contribution in [2.75, 3.05) is 14.2 Å². The maximum absolute atomic E-state index is 13.6. The third-order valence-electron chi connectivity index (χ3n) is 4.93. The lowest BCUT2D eigenvalue weighted by Gasteiger charge is -2.19. The standard InChI is InChI=1S/C23H22NO3P/c1-26-28(25,27-2)23-21-16-10-9-15-20(21)22(17-18-11-5-3-6-12-18)24(23)19-13-7-4-8-14-19/h3-16H,17H2,1-2H3. The Balaban J connectivity index is 2.09.